The third kappa shape index (κ3) is 8.18. The van der Waals surface area contributed by atoms with E-state index in [1.807, 2.05) is 36.5 Å². The molecule has 218 valence electrons. The summed E-state index contributed by atoms with van der Waals surface area (Å²) in [6, 6.07) is 14.2. The zero-order chi connectivity index (χ0) is 28.4. The Bertz CT molecular complexity index is 1240. The van der Waals surface area contributed by atoms with Crippen LogP contribution in [-0.2, 0) is 9.47 Å². The van der Waals surface area contributed by atoms with Crippen molar-refractivity contribution in [2.45, 2.75) is 19.3 Å². The summed E-state index contributed by atoms with van der Waals surface area (Å²) in [7, 11) is 1.67. The number of rotatable bonds is 9. The van der Waals surface area contributed by atoms with Crippen LogP contribution in [0.2, 0.25) is 0 Å². The molecule has 3 amide bonds. The van der Waals surface area contributed by atoms with Gasteiger partial charge in [0.2, 0.25) is 0 Å². The number of urea groups is 1. The molecule has 0 bridgehead atoms. The topological polar surface area (TPSA) is 98.4 Å². The molecule has 5 rings (SSSR count). The van der Waals surface area contributed by atoms with Gasteiger partial charge in [-0.05, 0) is 74.5 Å². The van der Waals surface area contributed by atoms with Gasteiger partial charge in [0.15, 0.2) is 0 Å². The normalized spacial score (nSPS) is 17.8. The van der Waals surface area contributed by atoms with Crippen molar-refractivity contribution in [2.24, 2.45) is 0 Å². The minimum atomic E-state index is -0.358. The Morgan fingerprint density at radius 3 is 2.22 bits per heavy atom. The maximum absolute atomic E-state index is 12.6. The van der Waals surface area contributed by atoms with Crippen LogP contribution in [-0.4, -0.2) is 81.3 Å². The predicted octanol–water partition coefficient (Wildman–Crippen LogP) is 4.68. The van der Waals surface area contributed by atoms with Gasteiger partial charge in [-0.25, -0.2) is 4.79 Å². The molecule has 2 fully saturated rings. The molecule has 0 saturated carbocycles. The van der Waals surface area contributed by atoms with E-state index in [0.29, 0.717) is 36.7 Å². The molecule has 3 aliphatic heterocycles. The lowest BCUT2D eigenvalue weighted by atomic mass is 10.1. The van der Waals surface area contributed by atoms with Gasteiger partial charge in [-0.3, -0.25) is 9.10 Å². The second kappa shape index (κ2) is 14.3. The van der Waals surface area contributed by atoms with Gasteiger partial charge >= 0.3 is 6.03 Å². The summed E-state index contributed by atoms with van der Waals surface area (Å²) in [4.78, 5) is 29.8. The highest BCUT2D eigenvalue weighted by Gasteiger charge is 2.22. The molecule has 3 aliphatic rings. The van der Waals surface area contributed by atoms with Crippen molar-refractivity contribution in [2.75, 3.05) is 74.5 Å². The Balaban J connectivity index is 1.09. The molecule has 0 atom stereocenters. The van der Waals surface area contributed by atoms with Gasteiger partial charge in [0, 0.05) is 61.1 Å². The molecule has 3 heterocycles. The Hall–Kier alpha value is -3.67. The number of ether oxygens (including phenoxy) is 2. The summed E-state index contributed by atoms with van der Waals surface area (Å²) >= 11 is 1.62. The van der Waals surface area contributed by atoms with Crippen molar-refractivity contribution in [3.8, 4) is 0 Å². The van der Waals surface area contributed by atoms with Crippen molar-refractivity contribution in [3.05, 3.63) is 77.2 Å². The van der Waals surface area contributed by atoms with Gasteiger partial charge in [-0.1, -0.05) is 6.42 Å². The highest BCUT2D eigenvalue weighted by molar-refractivity contribution is 8.04. The fourth-order valence-corrected chi connectivity index (χ4v) is 5.95. The third-order valence-corrected chi connectivity index (χ3v) is 8.28. The lowest BCUT2D eigenvalue weighted by molar-refractivity contribution is 0.0574. The highest BCUT2D eigenvalue weighted by atomic mass is 32.2. The van der Waals surface area contributed by atoms with E-state index < -0.39 is 0 Å². The summed E-state index contributed by atoms with van der Waals surface area (Å²) in [6.07, 6.45) is 7.76. The van der Waals surface area contributed by atoms with Crippen LogP contribution in [0.25, 0.3) is 0 Å². The second-order valence-corrected chi connectivity index (χ2v) is 11.1. The number of nitrogens with one attached hydrogen (secondary N) is 3. The van der Waals surface area contributed by atoms with Crippen molar-refractivity contribution in [3.63, 3.8) is 0 Å². The minimum Gasteiger partial charge on any atom is -0.495 e. The second-order valence-electron chi connectivity index (χ2n) is 10.1. The number of methoxy groups -OCH3 is 1. The molecular formula is C30H38N6O4S. The molecule has 41 heavy (non-hydrogen) atoms. The van der Waals surface area contributed by atoms with Crippen LogP contribution in [0.15, 0.2) is 71.6 Å². The number of hydrogen-bond acceptors (Lipinski definition) is 8. The molecular weight excluding hydrogens is 540 g/mol. The van der Waals surface area contributed by atoms with E-state index in [1.54, 1.807) is 43.3 Å². The van der Waals surface area contributed by atoms with Crippen LogP contribution >= 0.6 is 11.9 Å². The molecule has 0 radical (unpaired) electrons. The molecule has 0 spiro atoms. The zero-order valence-corrected chi connectivity index (χ0v) is 24.3. The molecule has 2 saturated heterocycles. The molecule has 0 aromatic heterocycles. The lowest BCUT2D eigenvalue weighted by Crippen LogP contribution is -2.37. The number of morpholine rings is 1. The van der Waals surface area contributed by atoms with Gasteiger partial charge in [0.1, 0.15) is 5.76 Å². The standard InChI is InChI=1S/C30H38N6O4S/c1-39-27-21-28(35-17-19-40-20-18-35)41-36(22-27)26-11-9-25(10-12-26)33-30(38)32-24-7-5-23(6-8-24)29(37)31-13-16-34-14-3-2-4-15-34/h5-12,21-22H,2-4,13-20H2,1H3,(H,31,37)(H2,32,33,38). The summed E-state index contributed by atoms with van der Waals surface area (Å²) < 4.78 is 13.1. The molecule has 0 aliphatic carbocycles. The van der Waals surface area contributed by atoms with Gasteiger partial charge in [0.25, 0.3) is 5.91 Å². The predicted molar refractivity (Wildman–Crippen MR) is 164 cm³/mol. The number of anilines is 3. The number of carbonyl (C=O) groups is 2. The quantitative estimate of drug-likeness (QED) is 0.369. The number of piperidine rings is 1. The van der Waals surface area contributed by atoms with E-state index in [1.165, 1.54) is 19.3 Å². The molecule has 3 N–H and O–H groups in total. The fourth-order valence-electron chi connectivity index (χ4n) is 4.90. The summed E-state index contributed by atoms with van der Waals surface area (Å²) in [5.41, 5.74) is 2.79. The van der Waals surface area contributed by atoms with Gasteiger partial charge in [-0.2, -0.15) is 0 Å². The summed E-state index contributed by atoms with van der Waals surface area (Å²) in [5, 5.41) is 9.78. The average molecular weight is 579 g/mol. The maximum Gasteiger partial charge on any atom is 0.323 e. The Morgan fingerprint density at radius 1 is 0.902 bits per heavy atom. The lowest BCUT2D eigenvalue weighted by Gasteiger charge is -2.34. The van der Waals surface area contributed by atoms with Crippen LogP contribution in [0.5, 0.6) is 0 Å². The minimum absolute atomic E-state index is 0.106. The molecule has 2 aromatic rings. The SMILES string of the molecule is COC1=CN(c2ccc(NC(=O)Nc3ccc(C(=O)NCCN4CCCCC4)cc3)cc2)SC(N2CCOCC2)=C1. The summed E-state index contributed by atoms with van der Waals surface area (Å²) in [6.45, 7) is 6.84. The first kappa shape index (κ1) is 28.8. The smallest absolute Gasteiger partial charge is 0.323 e. The molecule has 0 unspecified atom stereocenters. The number of likely N-dealkylation sites (tertiary alicyclic amines) is 1. The van der Waals surface area contributed by atoms with E-state index in [9.17, 15) is 9.59 Å². The van der Waals surface area contributed by atoms with Gasteiger partial charge < -0.3 is 35.2 Å². The van der Waals surface area contributed by atoms with E-state index in [-0.39, 0.29) is 11.9 Å². The van der Waals surface area contributed by atoms with E-state index in [2.05, 4.69) is 30.1 Å². The third-order valence-electron chi connectivity index (χ3n) is 7.21. The largest absolute Gasteiger partial charge is 0.495 e. The summed E-state index contributed by atoms with van der Waals surface area (Å²) in [5.74, 6) is 0.665. The first-order valence-electron chi connectivity index (χ1n) is 14.1. The maximum atomic E-state index is 12.6. The van der Waals surface area contributed by atoms with E-state index in [4.69, 9.17) is 9.47 Å². The Kier molecular flexibility index (Phi) is 10.1. The fraction of sp³-hybridized carbons (Fsp3) is 0.400. The number of carbonyl (C=O) groups excluding carboxylic acids is 2. The zero-order valence-electron chi connectivity index (χ0n) is 23.4. The van der Waals surface area contributed by atoms with E-state index >= 15 is 0 Å². The Labute approximate surface area is 245 Å². The first-order chi connectivity index (χ1) is 20.1. The number of amides is 3. The molecule has 2 aromatic carbocycles. The number of benzene rings is 2. The van der Waals surface area contributed by atoms with Crippen LogP contribution < -0.4 is 20.3 Å². The van der Waals surface area contributed by atoms with Crippen molar-refractivity contribution in [1.82, 2.24) is 15.1 Å². The van der Waals surface area contributed by atoms with Crippen LogP contribution in [0, 0.1) is 0 Å². The van der Waals surface area contributed by atoms with Crippen molar-refractivity contribution in [1.29, 1.82) is 0 Å². The van der Waals surface area contributed by atoms with E-state index in [0.717, 1.165) is 49.2 Å². The molecule has 11 heteroatoms. The number of allylic oxidation sites excluding steroid dienone is 1. The number of nitrogens with zero attached hydrogens (tertiary/aromatic N) is 3. The monoisotopic (exact) mass is 578 g/mol. The van der Waals surface area contributed by atoms with Crippen LogP contribution in [0.3, 0.4) is 0 Å². The van der Waals surface area contributed by atoms with Crippen molar-refractivity contribution < 1.29 is 19.1 Å². The first-order valence-corrected chi connectivity index (χ1v) is 14.9. The highest BCUT2D eigenvalue weighted by Crippen LogP contribution is 2.36. The van der Waals surface area contributed by atoms with Crippen LogP contribution in [0.4, 0.5) is 21.9 Å². The Morgan fingerprint density at radius 2 is 1.56 bits per heavy atom. The van der Waals surface area contributed by atoms with Crippen molar-refractivity contribution >= 4 is 40.9 Å². The van der Waals surface area contributed by atoms with Gasteiger partial charge in [-0.15, -0.1) is 0 Å². The van der Waals surface area contributed by atoms with Crippen LogP contribution in [0.1, 0.15) is 29.6 Å². The number of hydrogen-bond donors (Lipinski definition) is 3. The molecule has 10 nitrogen and oxygen atoms in total. The average Bonchev–Trinajstić information content (AvgIpc) is 3.02. The van der Waals surface area contributed by atoms with Gasteiger partial charge in [0.05, 0.1) is 37.2 Å².